The van der Waals surface area contributed by atoms with Crippen molar-refractivity contribution in [1.82, 2.24) is 20.2 Å². The van der Waals surface area contributed by atoms with Crippen LogP contribution in [0.1, 0.15) is 62.4 Å². The maximum atomic E-state index is 13.1. The van der Waals surface area contributed by atoms with Crippen molar-refractivity contribution < 1.29 is 14.0 Å². The Labute approximate surface area is 164 Å². The Hall–Kier alpha value is -2.41. The molecule has 148 valence electrons. The number of aromatic nitrogens is 2. The fourth-order valence-corrected chi connectivity index (χ4v) is 4.55. The standard InChI is InChI=1S/C21H26N4O3/c1-2-3-9-18-22-23-19(28-18)16-12-21(10-11-21)17-13-24(16)20(26)25(17)27-14-15-7-5-4-6-8-15/h4-8,16-17H,2-3,9-14H2,1H3/t16-,17+/m0/s1. The molecule has 3 aliphatic rings. The molecule has 1 aromatic heterocycles. The van der Waals surface area contributed by atoms with Crippen LogP contribution in [0, 0.1) is 5.41 Å². The summed E-state index contributed by atoms with van der Waals surface area (Å²) < 4.78 is 5.93. The minimum Gasteiger partial charge on any atom is -0.423 e. The molecule has 2 amide bonds. The molecular weight excluding hydrogens is 356 g/mol. The summed E-state index contributed by atoms with van der Waals surface area (Å²) in [6.45, 7) is 3.21. The molecule has 5 rings (SSSR count). The molecule has 3 heterocycles. The molecule has 0 radical (unpaired) electrons. The van der Waals surface area contributed by atoms with Gasteiger partial charge in [0.2, 0.25) is 11.8 Å². The maximum Gasteiger partial charge on any atom is 0.345 e. The van der Waals surface area contributed by atoms with E-state index in [1.165, 1.54) is 0 Å². The Bertz CT molecular complexity index is 848. The second kappa shape index (κ2) is 6.88. The van der Waals surface area contributed by atoms with Crippen LogP contribution in [0.2, 0.25) is 0 Å². The Morgan fingerprint density at radius 1 is 1.25 bits per heavy atom. The molecule has 1 aromatic carbocycles. The number of urea groups is 1. The summed E-state index contributed by atoms with van der Waals surface area (Å²) in [5.74, 6) is 1.25. The van der Waals surface area contributed by atoms with E-state index in [4.69, 9.17) is 9.25 Å². The van der Waals surface area contributed by atoms with Crippen LogP contribution in [0.3, 0.4) is 0 Å². The van der Waals surface area contributed by atoms with E-state index in [9.17, 15) is 4.79 Å². The monoisotopic (exact) mass is 382 g/mol. The van der Waals surface area contributed by atoms with Gasteiger partial charge in [0.05, 0.1) is 6.04 Å². The number of aryl methyl sites for hydroxylation is 1. The highest BCUT2D eigenvalue weighted by atomic mass is 16.7. The number of piperidine rings is 1. The first-order valence-electron chi connectivity index (χ1n) is 10.3. The zero-order valence-corrected chi connectivity index (χ0v) is 16.2. The number of nitrogens with zero attached hydrogens (tertiary/aromatic N) is 4. The smallest absolute Gasteiger partial charge is 0.345 e. The molecule has 2 aromatic rings. The van der Waals surface area contributed by atoms with Gasteiger partial charge in [-0.3, -0.25) is 4.84 Å². The highest BCUT2D eigenvalue weighted by Crippen LogP contribution is 2.61. The van der Waals surface area contributed by atoms with Gasteiger partial charge in [-0.1, -0.05) is 43.7 Å². The number of hydrogen-bond acceptors (Lipinski definition) is 5. The number of amides is 2. The van der Waals surface area contributed by atoms with Gasteiger partial charge >= 0.3 is 6.03 Å². The summed E-state index contributed by atoms with van der Waals surface area (Å²) in [6.07, 6.45) is 6.04. The maximum absolute atomic E-state index is 13.1. The SMILES string of the molecule is CCCCc1nnc([C@@H]2CC3(CC3)[C@H]3CN2C(=O)N3OCc2ccccc2)o1. The average Bonchev–Trinajstić information content (AvgIpc) is 3.21. The van der Waals surface area contributed by atoms with Gasteiger partial charge in [0.25, 0.3) is 0 Å². The summed E-state index contributed by atoms with van der Waals surface area (Å²) >= 11 is 0. The van der Waals surface area contributed by atoms with Crippen molar-refractivity contribution in [2.45, 2.75) is 64.1 Å². The third-order valence-corrected chi connectivity index (χ3v) is 6.39. The number of hydrogen-bond donors (Lipinski definition) is 0. The summed E-state index contributed by atoms with van der Waals surface area (Å²) in [5.41, 5.74) is 1.19. The number of unbranched alkanes of at least 4 members (excludes halogenated alkanes) is 1. The molecule has 28 heavy (non-hydrogen) atoms. The number of hydroxylamine groups is 2. The van der Waals surface area contributed by atoms with E-state index in [0.29, 0.717) is 24.9 Å². The number of fused-ring (bicyclic) bond motifs is 3. The lowest BCUT2D eigenvalue weighted by molar-refractivity contribution is -0.153. The highest BCUT2D eigenvalue weighted by molar-refractivity contribution is 5.77. The van der Waals surface area contributed by atoms with Crippen molar-refractivity contribution >= 4 is 6.03 Å². The van der Waals surface area contributed by atoms with Crippen LogP contribution in [0.15, 0.2) is 34.7 Å². The number of carbonyl (C=O) groups is 1. The summed E-state index contributed by atoms with van der Waals surface area (Å²) in [4.78, 5) is 21.0. The van der Waals surface area contributed by atoms with Gasteiger partial charge in [-0.25, -0.2) is 4.79 Å². The zero-order valence-electron chi connectivity index (χ0n) is 16.2. The van der Waals surface area contributed by atoms with E-state index in [1.807, 2.05) is 35.2 Å². The van der Waals surface area contributed by atoms with E-state index in [0.717, 1.165) is 44.1 Å². The minimum atomic E-state index is -0.139. The van der Waals surface area contributed by atoms with Gasteiger partial charge in [-0.05, 0) is 36.7 Å². The van der Waals surface area contributed by atoms with Gasteiger partial charge in [0.1, 0.15) is 12.6 Å². The highest BCUT2D eigenvalue weighted by Gasteiger charge is 2.64. The Morgan fingerprint density at radius 2 is 2.07 bits per heavy atom. The number of benzene rings is 1. The van der Waals surface area contributed by atoms with Gasteiger partial charge in [-0.15, -0.1) is 10.2 Å². The second-order valence-electron chi connectivity index (χ2n) is 8.26. The van der Waals surface area contributed by atoms with Crippen molar-refractivity contribution in [3.05, 3.63) is 47.7 Å². The zero-order chi connectivity index (χ0) is 19.1. The summed E-state index contributed by atoms with van der Waals surface area (Å²) in [6, 6.07) is 9.86. The van der Waals surface area contributed by atoms with Crippen LogP contribution in [-0.2, 0) is 17.9 Å². The van der Waals surface area contributed by atoms with Crippen molar-refractivity contribution in [3.63, 3.8) is 0 Å². The molecule has 1 spiro atoms. The normalized spacial score (nSPS) is 25.0. The first kappa shape index (κ1) is 17.7. The van der Waals surface area contributed by atoms with Crippen molar-refractivity contribution in [3.8, 4) is 0 Å². The molecule has 7 nitrogen and oxygen atoms in total. The van der Waals surface area contributed by atoms with Gasteiger partial charge in [0, 0.05) is 13.0 Å². The van der Waals surface area contributed by atoms with Crippen molar-refractivity contribution in [2.75, 3.05) is 6.54 Å². The molecule has 2 bridgehead atoms. The van der Waals surface area contributed by atoms with Crippen molar-refractivity contribution in [2.24, 2.45) is 5.41 Å². The van der Waals surface area contributed by atoms with Gasteiger partial charge < -0.3 is 9.32 Å². The third kappa shape index (κ3) is 2.98. The average molecular weight is 382 g/mol. The van der Waals surface area contributed by atoms with Crippen LogP contribution in [0.4, 0.5) is 4.79 Å². The lowest BCUT2D eigenvalue weighted by Gasteiger charge is -2.35. The predicted octanol–water partition coefficient (Wildman–Crippen LogP) is 3.88. The second-order valence-corrected chi connectivity index (χ2v) is 8.26. The lowest BCUT2D eigenvalue weighted by Crippen LogP contribution is -2.42. The molecule has 3 fully saturated rings. The molecule has 7 heteroatoms. The topological polar surface area (TPSA) is 71.7 Å². The Balaban J connectivity index is 1.34. The molecule has 1 saturated carbocycles. The predicted molar refractivity (Wildman–Crippen MR) is 101 cm³/mol. The minimum absolute atomic E-state index is 0.0805. The van der Waals surface area contributed by atoms with Crippen LogP contribution in [0.5, 0.6) is 0 Å². The van der Waals surface area contributed by atoms with Crippen LogP contribution in [0.25, 0.3) is 0 Å². The number of carbonyl (C=O) groups excluding carboxylic acids is 1. The first-order chi connectivity index (χ1) is 13.7. The fraction of sp³-hybridized carbons (Fsp3) is 0.571. The van der Waals surface area contributed by atoms with E-state index in [2.05, 4.69) is 17.1 Å². The van der Waals surface area contributed by atoms with E-state index in [1.54, 1.807) is 5.06 Å². The quantitative estimate of drug-likeness (QED) is 0.727. The number of rotatable bonds is 7. The van der Waals surface area contributed by atoms with Gasteiger partial charge in [-0.2, -0.15) is 5.06 Å². The molecule has 0 N–H and O–H groups in total. The van der Waals surface area contributed by atoms with Crippen LogP contribution >= 0.6 is 0 Å². The lowest BCUT2D eigenvalue weighted by atomic mass is 9.85. The van der Waals surface area contributed by atoms with Crippen LogP contribution in [-0.4, -0.2) is 38.8 Å². The Kier molecular flexibility index (Phi) is 4.34. The van der Waals surface area contributed by atoms with Crippen LogP contribution < -0.4 is 0 Å². The van der Waals surface area contributed by atoms with E-state index >= 15 is 0 Å². The molecular formula is C21H26N4O3. The fourth-order valence-electron chi connectivity index (χ4n) is 4.55. The molecule has 2 saturated heterocycles. The summed E-state index contributed by atoms with van der Waals surface area (Å²) in [5, 5.41) is 10.1. The molecule has 2 atom stereocenters. The largest absolute Gasteiger partial charge is 0.423 e. The van der Waals surface area contributed by atoms with Gasteiger partial charge in [0.15, 0.2) is 0 Å². The molecule has 2 aliphatic heterocycles. The molecule has 1 aliphatic carbocycles. The third-order valence-electron chi connectivity index (χ3n) is 6.39. The summed E-state index contributed by atoms with van der Waals surface area (Å²) in [7, 11) is 0. The first-order valence-corrected chi connectivity index (χ1v) is 10.3. The van der Waals surface area contributed by atoms with E-state index < -0.39 is 0 Å². The van der Waals surface area contributed by atoms with E-state index in [-0.39, 0.29) is 23.5 Å². The van der Waals surface area contributed by atoms with Crippen molar-refractivity contribution in [1.29, 1.82) is 0 Å². The molecule has 0 unspecified atom stereocenters. The Morgan fingerprint density at radius 3 is 2.82 bits per heavy atom.